The fraction of sp³-hybridized carbons (Fsp3) is 0.474. The Labute approximate surface area is 167 Å². The van der Waals surface area contributed by atoms with Gasteiger partial charge in [0.25, 0.3) is 0 Å². The van der Waals surface area contributed by atoms with Gasteiger partial charge in [0.15, 0.2) is 5.16 Å². The van der Waals surface area contributed by atoms with E-state index in [4.69, 9.17) is 0 Å². The molecular formula is C19H24FN5O2S. The molecule has 7 nitrogen and oxygen atoms in total. The maximum atomic E-state index is 12.9. The van der Waals surface area contributed by atoms with E-state index in [1.165, 1.54) is 55.3 Å². The highest BCUT2D eigenvalue weighted by atomic mass is 32.2. The molecule has 1 aromatic heterocycles. The maximum Gasteiger partial charge on any atom is 0.243 e. The summed E-state index contributed by atoms with van der Waals surface area (Å²) in [7, 11) is 0. The van der Waals surface area contributed by atoms with Crippen LogP contribution in [-0.2, 0) is 9.59 Å². The molecule has 0 aliphatic heterocycles. The highest BCUT2D eigenvalue weighted by molar-refractivity contribution is 7.99. The zero-order valence-electron chi connectivity index (χ0n) is 15.8. The van der Waals surface area contributed by atoms with E-state index < -0.39 is 0 Å². The minimum Gasteiger partial charge on any atom is -0.346 e. The molecule has 0 unspecified atom stereocenters. The summed E-state index contributed by atoms with van der Waals surface area (Å²) in [6.45, 7) is 1.79. The third-order valence-electron chi connectivity index (χ3n) is 4.68. The smallest absolute Gasteiger partial charge is 0.243 e. The number of nitrogens with one attached hydrogen (secondary N) is 2. The van der Waals surface area contributed by atoms with Crippen LogP contribution in [0.25, 0.3) is 0 Å². The Morgan fingerprint density at radius 3 is 2.57 bits per heavy atom. The zero-order valence-corrected chi connectivity index (χ0v) is 16.6. The fourth-order valence-corrected chi connectivity index (χ4v) is 4.19. The highest BCUT2D eigenvalue weighted by Gasteiger charge is 2.21. The van der Waals surface area contributed by atoms with E-state index in [1.807, 2.05) is 6.92 Å². The first-order chi connectivity index (χ1) is 13.5. The Hall–Kier alpha value is -2.42. The van der Waals surface area contributed by atoms with Crippen LogP contribution < -0.4 is 10.6 Å². The van der Waals surface area contributed by atoms with Crippen molar-refractivity contribution in [3.63, 3.8) is 0 Å². The minimum atomic E-state index is -0.375. The van der Waals surface area contributed by atoms with Crippen LogP contribution in [0.4, 0.5) is 10.1 Å². The molecule has 9 heteroatoms. The van der Waals surface area contributed by atoms with Gasteiger partial charge in [-0.05, 0) is 44.0 Å². The third kappa shape index (κ3) is 5.54. The molecule has 1 aliphatic carbocycles. The van der Waals surface area contributed by atoms with Crippen LogP contribution in [0.2, 0.25) is 0 Å². The minimum absolute atomic E-state index is 0.148. The molecule has 28 heavy (non-hydrogen) atoms. The first kappa shape index (κ1) is 20.3. The number of carbonyl (C=O) groups excluding carboxylic acids is 2. The summed E-state index contributed by atoms with van der Waals surface area (Å²) in [5, 5.41) is 14.3. The summed E-state index contributed by atoms with van der Waals surface area (Å²) in [6, 6.07) is 5.84. The van der Waals surface area contributed by atoms with Gasteiger partial charge >= 0.3 is 0 Å². The van der Waals surface area contributed by atoms with Gasteiger partial charge in [-0.15, -0.1) is 10.2 Å². The van der Waals surface area contributed by atoms with Crippen LogP contribution in [0.3, 0.4) is 0 Å². The third-order valence-corrected chi connectivity index (χ3v) is 5.62. The Morgan fingerprint density at radius 2 is 1.86 bits per heavy atom. The summed E-state index contributed by atoms with van der Waals surface area (Å²) < 4.78 is 15.0. The van der Waals surface area contributed by atoms with Gasteiger partial charge in [-0.2, -0.15) is 0 Å². The van der Waals surface area contributed by atoms with Gasteiger partial charge in [0, 0.05) is 11.7 Å². The molecule has 2 aromatic rings. The molecule has 3 rings (SSSR count). The van der Waals surface area contributed by atoms with Crippen molar-refractivity contribution in [2.75, 3.05) is 17.6 Å². The number of thioether (sulfide) groups is 1. The van der Waals surface area contributed by atoms with Crippen LogP contribution in [0.5, 0.6) is 0 Å². The largest absolute Gasteiger partial charge is 0.346 e. The van der Waals surface area contributed by atoms with Crippen LogP contribution in [-0.4, -0.2) is 38.9 Å². The number of aryl methyl sites for hydroxylation is 1. The molecule has 0 spiro atoms. The first-order valence-electron chi connectivity index (χ1n) is 9.39. The van der Waals surface area contributed by atoms with Crippen LogP contribution in [0.15, 0.2) is 29.4 Å². The van der Waals surface area contributed by atoms with Crippen molar-refractivity contribution in [3.8, 4) is 0 Å². The lowest BCUT2D eigenvalue weighted by Crippen LogP contribution is -2.34. The summed E-state index contributed by atoms with van der Waals surface area (Å²) >= 11 is 1.33. The molecule has 150 valence electrons. The topological polar surface area (TPSA) is 88.9 Å². The second-order valence-electron chi connectivity index (χ2n) is 6.81. The van der Waals surface area contributed by atoms with E-state index in [0.29, 0.717) is 11.7 Å². The van der Waals surface area contributed by atoms with E-state index in [2.05, 4.69) is 25.4 Å². The van der Waals surface area contributed by atoms with Gasteiger partial charge in [-0.25, -0.2) is 4.39 Å². The van der Waals surface area contributed by atoms with E-state index in [0.717, 1.165) is 23.8 Å². The zero-order chi connectivity index (χ0) is 19.9. The van der Waals surface area contributed by atoms with Gasteiger partial charge < -0.3 is 15.2 Å². The Kier molecular flexibility index (Phi) is 7.02. The lowest BCUT2D eigenvalue weighted by Gasteiger charge is -2.24. The van der Waals surface area contributed by atoms with Crippen molar-refractivity contribution in [2.45, 2.75) is 50.2 Å². The number of carbonyl (C=O) groups is 2. The molecule has 0 atom stereocenters. The Bertz CT molecular complexity index is 818. The molecule has 0 saturated heterocycles. The molecule has 1 aliphatic rings. The van der Waals surface area contributed by atoms with Gasteiger partial charge in [-0.3, -0.25) is 9.59 Å². The van der Waals surface area contributed by atoms with Crippen molar-refractivity contribution >= 4 is 29.3 Å². The van der Waals surface area contributed by atoms with Crippen LogP contribution >= 0.6 is 11.8 Å². The number of hydrogen-bond donors (Lipinski definition) is 2. The van der Waals surface area contributed by atoms with Gasteiger partial charge in [0.05, 0.1) is 12.3 Å². The van der Waals surface area contributed by atoms with E-state index in [-0.39, 0.29) is 29.9 Å². The molecule has 0 bridgehead atoms. The maximum absolute atomic E-state index is 12.9. The van der Waals surface area contributed by atoms with Crippen molar-refractivity contribution in [1.82, 2.24) is 20.1 Å². The summed E-state index contributed by atoms with van der Waals surface area (Å²) in [4.78, 5) is 24.0. The van der Waals surface area contributed by atoms with Gasteiger partial charge in [0.2, 0.25) is 11.8 Å². The number of amides is 2. The molecule has 2 N–H and O–H groups in total. The Balaban J connectivity index is 1.45. The number of rotatable bonds is 7. The van der Waals surface area contributed by atoms with Crippen molar-refractivity contribution in [1.29, 1.82) is 0 Å². The summed E-state index contributed by atoms with van der Waals surface area (Å²) in [5.74, 6) is 0.0312. The average Bonchev–Trinajstić information content (AvgIpc) is 3.07. The number of anilines is 1. The SMILES string of the molecule is Cc1nnc(SCC(=O)NCC(=O)Nc2ccc(F)cc2)n1C1CCCCC1. The first-order valence-corrected chi connectivity index (χ1v) is 10.4. The van der Waals surface area contributed by atoms with Gasteiger partial charge in [0.1, 0.15) is 11.6 Å². The highest BCUT2D eigenvalue weighted by Crippen LogP contribution is 2.32. The van der Waals surface area contributed by atoms with E-state index in [9.17, 15) is 14.0 Å². The predicted molar refractivity (Wildman–Crippen MR) is 106 cm³/mol. The number of aromatic nitrogens is 3. The number of hydrogen-bond acceptors (Lipinski definition) is 5. The standard InChI is InChI=1S/C19H24FN5O2S/c1-13-23-24-19(25(13)16-5-3-2-4-6-16)28-12-18(27)21-11-17(26)22-15-9-7-14(20)8-10-15/h7-10,16H,2-6,11-12H2,1H3,(H,21,27)(H,22,26). The molecule has 1 fully saturated rings. The average molecular weight is 405 g/mol. The van der Waals surface area contributed by atoms with Gasteiger partial charge in [-0.1, -0.05) is 31.0 Å². The normalized spacial score (nSPS) is 14.6. The van der Waals surface area contributed by atoms with E-state index in [1.54, 1.807) is 0 Å². The molecule has 1 saturated carbocycles. The van der Waals surface area contributed by atoms with E-state index >= 15 is 0 Å². The van der Waals surface area contributed by atoms with Crippen LogP contribution in [0, 0.1) is 12.7 Å². The number of halogens is 1. The lowest BCUT2D eigenvalue weighted by atomic mass is 9.95. The Morgan fingerprint density at radius 1 is 1.14 bits per heavy atom. The molecule has 1 aromatic carbocycles. The molecule has 1 heterocycles. The van der Waals surface area contributed by atoms with Crippen molar-refractivity contribution in [3.05, 3.63) is 35.9 Å². The monoisotopic (exact) mass is 405 g/mol. The predicted octanol–water partition coefficient (Wildman–Crippen LogP) is 3.08. The van der Waals surface area contributed by atoms with Crippen molar-refractivity contribution < 1.29 is 14.0 Å². The lowest BCUT2D eigenvalue weighted by molar-refractivity contribution is -0.122. The summed E-state index contributed by atoms with van der Waals surface area (Å²) in [6.07, 6.45) is 5.90. The summed E-state index contributed by atoms with van der Waals surface area (Å²) in [5.41, 5.74) is 0.478. The van der Waals surface area contributed by atoms with Crippen LogP contribution in [0.1, 0.15) is 44.0 Å². The number of benzene rings is 1. The molecule has 0 radical (unpaired) electrons. The quantitative estimate of drug-likeness (QED) is 0.691. The second kappa shape index (κ2) is 9.68. The second-order valence-corrected chi connectivity index (χ2v) is 7.75. The fourth-order valence-electron chi connectivity index (χ4n) is 3.31. The van der Waals surface area contributed by atoms with Crippen molar-refractivity contribution in [2.24, 2.45) is 0 Å². The molecular weight excluding hydrogens is 381 g/mol. The number of nitrogens with zero attached hydrogens (tertiary/aromatic N) is 3. The molecule has 2 amide bonds.